The third-order valence-electron chi connectivity index (χ3n) is 3.35. The second kappa shape index (κ2) is 11.3. The second-order valence-electron chi connectivity index (χ2n) is 5.31. The molecule has 2 N–H and O–H groups in total. The number of hydrogen-bond acceptors (Lipinski definition) is 7. The lowest BCUT2D eigenvalue weighted by Crippen LogP contribution is -2.16. The molecule has 7 nitrogen and oxygen atoms in total. The van der Waals surface area contributed by atoms with Gasteiger partial charge in [-0.1, -0.05) is 30.3 Å². The lowest BCUT2D eigenvalue weighted by atomic mass is 10.1. The molecule has 1 aromatic heterocycles. The number of nitrogens with one attached hydrogen (secondary N) is 2. The van der Waals surface area contributed by atoms with Gasteiger partial charge in [-0.25, -0.2) is 0 Å². The molecule has 1 heterocycles. The topological polar surface area (TPSA) is 81.2 Å². The monoisotopic (exact) mass is 345 g/mol. The van der Waals surface area contributed by atoms with E-state index in [1.807, 2.05) is 32.0 Å². The molecule has 7 heteroatoms. The highest BCUT2D eigenvalue weighted by molar-refractivity contribution is 5.35. The predicted octanol–water partition coefficient (Wildman–Crippen LogP) is 2.36. The fourth-order valence-electron chi connectivity index (χ4n) is 2.19. The molecule has 0 unspecified atom stereocenters. The van der Waals surface area contributed by atoms with E-state index in [0.717, 1.165) is 11.4 Å². The first-order valence-electron chi connectivity index (χ1n) is 8.74. The lowest BCUT2D eigenvalue weighted by Gasteiger charge is -2.10. The van der Waals surface area contributed by atoms with Gasteiger partial charge in [0.15, 0.2) is 0 Å². The Morgan fingerprint density at radius 2 is 1.36 bits per heavy atom. The first-order chi connectivity index (χ1) is 12.3. The minimum atomic E-state index is 0.555. The van der Waals surface area contributed by atoms with Crippen LogP contribution in [0.2, 0.25) is 0 Å². The molecule has 1 aromatic carbocycles. The van der Waals surface area contributed by atoms with Gasteiger partial charge in [-0.2, -0.15) is 15.0 Å². The van der Waals surface area contributed by atoms with Crippen molar-refractivity contribution in [3.63, 3.8) is 0 Å². The Kier molecular flexibility index (Phi) is 8.65. The van der Waals surface area contributed by atoms with Crippen LogP contribution >= 0.6 is 0 Å². The molecule has 2 aromatic rings. The van der Waals surface area contributed by atoms with Gasteiger partial charge in [0, 0.05) is 32.7 Å². The molecule has 25 heavy (non-hydrogen) atoms. The van der Waals surface area contributed by atoms with Crippen LogP contribution in [0.15, 0.2) is 30.3 Å². The molecule has 0 aliphatic carbocycles. The van der Waals surface area contributed by atoms with Crippen LogP contribution in [0.1, 0.15) is 25.2 Å². The van der Waals surface area contributed by atoms with Crippen molar-refractivity contribution in [3.8, 4) is 0 Å². The van der Waals surface area contributed by atoms with Crippen molar-refractivity contribution in [2.45, 2.75) is 20.3 Å². The van der Waals surface area contributed by atoms with E-state index in [9.17, 15) is 0 Å². The fourth-order valence-corrected chi connectivity index (χ4v) is 2.19. The number of ether oxygens (including phenoxy) is 2. The minimum Gasteiger partial charge on any atom is -0.380 e. The Bertz CT molecular complexity index is 579. The van der Waals surface area contributed by atoms with E-state index in [1.54, 1.807) is 0 Å². The zero-order valence-corrected chi connectivity index (χ0v) is 15.0. The Balaban J connectivity index is 2.04. The summed E-state index contributed by atoms with van der Waals surface area (Å²) in [5.74, 6) is 1.83. The van der Waals surface area contributed by atoms with Crippen LogP contribution in [-0.2, 0) is 15.9 Å². The van der Waals surface area contributed by atoms with Gasteiger partial charge in [-0.3, -0.25) is 0 Å². The van der Waals surface area contributed by atoms with Gasteiger partial charge in [0.2, 0.25) is 11.9 Å². The normalized spacial score (nSPS) is 10.6. The van der Waals surface area contributed by atoms with Gasteiger partial charge in [0.25, 0.3) is 0 Å². The number of hydrogen-bond donors (Lipinski definition) is 2. The van der Waals surface area contributed by atoms with Gasteiger partial charge < -0.3 is 20.1 Å². The van der Waals surface area contributed by atoms with Crippen LogP contribution in [0.4, 0.5) is 11.9 Å². The van der Waals surface area contributed by atoms with E-state index in [0.29, 0.717) is 57.8 Å². The third-order valence-corrected chi connectivity index (χ3v) is 3.35. The number of rotatable bonds is 12. The maximum absolute atomic E-state index is 5.34. The summed E-state index contributed by atoms with van der Waals surface area (Å²) in [5.41, 5.74) is 1.16. The zero-order valence-electron chi connectivity index (χ0n) is 15.0. The van der Waals surface area contributed by atoms with Crippen molar-refractivity contribution in [1.29, 1.82) is 0 Å². The molecule has 0 fully saturated rings. The van der Waals surface area contributed by atoms with Gasteiger partial charge in [0.1, 0.15) is 5.82 Å². The Labute approximate surface area is 149 Å². The largest absolute Gasteiger partial charge is 0.380 e. The first-order valence-corrected chi connectivity index (χ1v) is 8.74. The van der Waals surface area contributed by atoms with E-state index in [2.05, 4.69) is 37.7 Å². The Hall–Kier alpha value is -2.25. The minimum absolute atomic E-state index is 0.555. The number of nitrogens with zero attached hydrogens (tertiary/aromatic N) is 3. The maximum atomic E-state index is 5.34. The van der Waals surface area contributed by atoms with Gasteiger partial charge in [0.05, 0.1) is 13.2 Å². The van der Waals surface area contributed by atoms with Crippen molar-refractivity contribution >= 4 is 11.9 Å². The number of anilines is 2. The highest BCUT2D eigenvalue weighted by atomic mass is 16.5. The number of aromatic nitrogens is 3. The summed E-state index contributed by atoms with van der Waals surface area (Å²) in [4.78, 5) is 13.4. The van der Waals surface area contributed by atoms with Crippen molar-refractivity contribution in [2.24, 2.45) is 0 Å². The zero-order chi connectivity index (χ0) is 17.7. The molecule has 0 atom stereocenters. The van der Waals surface area contributed by atoms with Gasteiger partial charge >= 0.3 is 0 Å². The first kappa shape index (κ1) is 19.1. The summed E-state index contributed by atoms with van der Waals surface area (Å²) >= 11 is 0. The quantitative estimate of drug-likeness (QED) is 0.572. The summed E-state index contributed by atoms with van der Waals surface area (Å²) in [7, 11) is 0. The summed E-state index contributed by atoms with van der Waals surface area (Å²) in [6, 6.07) is 10.2. The average molecular weight is 345 g/mol. The molecule has 0 aliphatic rings. The van der Waals surface area contributed by atoms with Gasteiger partial charge in [-0.05, 0) is 19.4 Å². The lowest BCUT2D eigenvalue weighted by molar-refractivity contribution is 0.158. The molecule has 0 radical (unpaired) electrons. The van der Waals surface area contributed by atoms with Crippen LogP contribution in [0.5, 0.6) is 0 Å². The van der Waals surface area contributed by atoms with E-state index in [4.69, 9.17) is 9.47 Å². The predicted molar refractivity (Wildman–Crippen MR) is 99.0 cm³/mol. The molecule has 0 spiro atoms. The second-order valence-corrected chi connectivity index (χ2v) is 5.31. The SMILES string of the molecule is CCOCCNc1nc(Cc2ccccc2)nc(NCCOCC)n1. The third kappa shape index (κ3) is 7.45. The number of benzene rings is 1. The van der Waals surface area contributed by atoms with Crippen molar-refractivity contribution in [2.75, 3.05) is 50.2 Å². The van der Waals surface area contributed by atoms with Crippen LogP contribution in [0.3, 0.4) is 0 Å². The molecule has 0 bridgehead atoms. The van der Waals surface area contributed by atoms with E-state index in [1.165, 1.54) is 0 Å². The smallest absolute Gasteiger partial charge is 0.227 e. The molecule has 0 aliphatic heterocycles. The van der Waals surface area contributed by atoms with Crippen LogP contribution < -0.4 is 10.6 Å². The Morgan fingerprint density at radius 1 is 0.800 bits per heavy atom. The van der Waals surface area contributed by atoms with Crippen molar-refractivity contribution in [1.82, 2.24) is 15.0 Å². The van der Waals surface area contributed by atoms with Crippen LogP contribution in [-0.4, -0.2) is 54.5 Å². The Morgan fingerprint density at radius 3 is 1.88 bits per heavy atom. The van der Waals surface area contributed by atoms with Crippen LogP contribution in [0.25, 0.3) is 0 Å². The van der Waals surface area contributed by atoms with Crippen LogP contribution in [0, 0.1) is 0 Å². The van der Waals surface area contributed by atoms with Gasteiger partial charge in [-0.15, -0.1) is 0 Å². The highest BCUT2D eigenvalue weighted by Gasteiger charge is 2.07. The molecular formula is C18H27N5O2. The molecule has 0 saturated heterocycles. The molecule has 136 valence electrons. The van der Waals surface area contributed by atoms with Crippen molar-refractivity contribution in [3.05, 3.63) is 41.7 Å². The summed E-state index contributed by atoms with van der Waals surface area (Å²) in [6.45, 7) is 7.88. The summed E-state index contributed by atoms with van der Waals surface area (Å²) < 4.78 is 10.7. The molecule has 0 saturated carbocycles. The molecular weight excluding hydrogens is 318 g/mol. The standard InChI is InChI=1S/C18H27N5O2/c1-3-24-12-10-19-17-21-16(14-15-8-6-5-7-9-15)22-18(23-17)20-11-13-25-4-2/h5-9H,3-4,10-14H2,1-2H3,(H2,19,20,21,22,23). The molecule has 0 amide bonds. The van der Waals surface area contributed by atoms with E-state index in [-0.39, 0.29) is 0 Å². The molecule has 2 rings (SSSR count). The van der Waals surface area contributed by atoms with Crippen molar-refractivity contribution < 1.29 is 9.47 Å². The average Bonchev–Trinajstić information content (AvgIpc) is 2.63. The van der Waals surface area contributed by atoms with E-state index >= 15 is 0 Å². The maximum Gasteiger partial charge on any atom is 0.227 e. The highest BCUT2D eigenvalue weighted by Crippen LogP contribution is 2.10. The fraction of sp³-hybridized carbons (Fsp3) is 0.500. The summed E-state index contributed by atoms with van der Waals surface area (Å²) in [6.07, 6.45) is 0.656. The summed E-state index contributed by atoms with van der Waals surface area (Å²) in [5, 5.41) is 6.38. The van der Waals surface area contributed by atoms with E-state index < -0.39 is 0 Å².